The zero-order valence-electron chi connectivity index (χ0n) is 17.8. The van der Waals surface area contributed by atoms with Gasteiger partial charge < -0.3 is 20.5 Å². The van der Waals surface area contributed by atoms with Gasteiger partial charge in [0.2, 0.25) is 0 Å². The first-order chi connectivity index (χ1) is 14.5. The number of rotatable bonds is 3. The lowest BCUT2D eigenvalue weighted by atomic mass is 9.73. The van der Waals surface area contributed by atoms with Crippen LogP contribution in [0.15, 0.2) is 24.5 Å². The van der Waals surface area contributed by atoms with Gasteiger partial charge in [0.15, 0.2) is 5.82 Å². The van der Waals surface area contributed by atoms with E-state index >= 15 is 0 Å². The van der Waals surface area contributed by atoms with Crippen molar-refractivity contribution in [2.75, 3.05) is 24.6 Å². The molecule has 2 atom stereocenters. The van der Waals surface area contributed by atoms with Gasteiger partial charge in [0.1, 0.15) is 5.69 Å². The van der Waals surface area contributed by atoms with E-state index in [9.17, 15) is 5.11 Å². The summed E-state index contributed by atoms with van der Waals surface area (Å²) in [5.74, 6) is 0.727. The summed E-state index contributed by atoms with van der Waals surface area (Å²) in [5, 5.41) is 18.4. The Balaban J connectivity index is 0.00000144. The molecule has 1 spiro atoms. The van der Waals surface area contributed by atoms with E-state index < -0.39 is 0 Å². The molecule has 3 aromatic rings. The zero-order valence-corrected chi connectivity index (χ0v) is 20.6. The first-order valence-corrected chi connectivity index (χ1v) is 10.6. The SMILES string of the molecule is C[C@@H]1OCC2(CCN(c3ncc(-c4cc(Cl)c5cn[nH]c5c4)nc3CO)CC2)[C@@H]1N.S.S. The minimum Gasteiger partial charge on any atom is -0.390 e. The van der Waals surface area contributed by atoms with Crippen LogP contribution in [0.25, 0.3) is 22.2 Å². The molecule has 2 fully saturated rings. The Morgan fingerprint density at radius 3 is 2.69 bits per heavy atom. The van der Waals surface area contributed by atoms with E-state index in [1.165, 1.54) is 0 Å². The van der Waals surface area contributed by atoms with Crippen molar-refractivity contribution in [2.24, 2.45) is 11.1 Å². The molecule has 5 rings (SSSR count). The van der Waals surface area contributed by atoms with Crippen LogP contribution in [0.5, 0.6) is 0 Å². The van der Waals surface area contributed by atoms with Crippen molar-refractivity contribution in [3.8, 4) is 11.3 Å². The first kappa shape index (κ1) is 25.1. The molecule has 0 amide bonds. The lowest BCUT2D eigenvalue weighted by Crippen LogP contribution is -2.51. The molecule has 174 valence electrons. The number of nitrogens with one attached hydrogen (secondary N) is 1. The molecule has 8 nitrogen and oxygen atoms in total. The maximum atomic E-state index is 9.98. The molecule has 0 unspecified atom stereocenters. The number of aromatic amines is 1. The van der Waals surface area contributed by atoms with Crippen LogP contribution < -0.4 is 10.6 Å². The largest absolute Gasteiger partial charge is 0.390 e. The van der Waals surface area contributed by atoms with Gasteiger partial charge in [0.25, 0.3) is 0 Å². The molecule has 4 N–H and O–H groups in total. The van der Waals surface area contributed by atoms with Crippen LogP contribution in [0.4, 0.5) is 5.82 Å². The van der Waals surface area contributed by atoms with E-state index in [0.29, 0.717) is 16.4 Å². The molecule has 0 radical (unpaired) electrons. The molecular formula is C21H29ClN6O2S2. The van der Waals surface area contributed by atoms with Gasteiger partial charge >= 0.3 is 0 Å². The number of ether oxygens (including phenoxy) is 1. The molecule has 0 aliphatic carbocycles. The van der Waals surface area contributed by atoms with Crippen LogP contribution in [0, 0.1) is 5.41 Å². The second kappa shape index (κ2) is 9.74. The molecule has 2 aromatic heterocycles. The average molecular weight is 497 g/mol. The summed E-state index contributed by atoms with van der Waals surface area (Å²) < 4.78 is 5.81. The van der Waals surface area contributed by atoms with Gasteiger partial charge in [-0.1, -0.05) is 11.6 Å². The summed E-state index contributed by atoms with van der Waals surface area (Å²) in [4.78, 5) is 11.5. The molecule has 4 heterocycles. The van der Waals surface area contributed by atoms with Gasteiger partial charge in [0.05, 0.1) is 47.9 Å². The smallest absolute Gasteiger partial charge is 0.152 e. The minimum absolute atomic E-state index is 0. The number of aliphatic hydroxyl groups excluding tert-OH is 1. The molecule has 0 bridgehead atoms. The zero-order chi connectivity index (χ0) is 20.9. The Labute approximate surface area is 205 Å². The maximum absolute atomic E-state index is 9.98. The van der Waals surface area contributed by atoms with E-state index in [2.05, 4.69) is 25.1 Å². The van der Waals surface area contributed by atoms with E-state index in [4.69, 9.17) is 22.1 Å². The van der Waals surface area contributed by atoms with Crippen LogP contribution in [-0.4, -0.2) is 57.1 Å². The first-order valence-electron chi connectivity index (χ1n) is 10.2. The summed E-state index contributed by atoms with van der Waals surface area (Å²) in [5.41, 5.74) is 9.35. The van der Waals surface area contributed by atoms with E-state index in [1.807, 2.05) is 19.1 Å². The summed E-state index contributed by atoms with van der Waals surface area (Å²) in [7, 11) is 0. The summed E-state index contributed by atoms with van der Waals surface area (Å²) in [6.07, 6.45) is 5.42. The van der Waals surface area contributed by atoms with Crippen molar-refractivity contribution in [1.29, 1.82) is 0 Å². The molecule has 0 saturated carbocycles. The van der Waals surface area contributed by atoms with Crippen LogP contribution in [0.1, 0.15) is 25.5 Å². The predicted octanol–water partition coefficient (Wildman–Crippen LogP) is 2.72. The Kier molecular flexibility index (Phi) is 7.63. The molecule has 2 aliphatic heterocycles. The Bertz CT molecular complexity index is 1090. The number of halogens is 1. The average Bonchev–Trinajstić information content (AvgIpc) is 3.35. The van der Waals surface area contributed by atoms with Gasteiger partial charge in [-0.15, -0.1) is 0 Å². The predicted molar refractivity (Wildman–Crippen MR) is 136 cm³/mol. The lowest BCUT2D eigenvalue weighted by molar-refractivity contribution is 0.0973. The number of benzene rings is 1. The van der Waals surface area contributed by atoms with Crippen LogP contribution >= 0.6 is 38.6 Å². The number of nitrogens with two attached hydrogens (primary N) is 1. The van der Waals surface area contributed by atoms with Crippen molar-refractivity contribution in [2.45, 2.75) is 38.5 Å². The normalized spacial score (nSPS) is 22.1. The standard InChI is InChI=1S/C21H25ClN6O2.2H2S/c1-12-19(23)21(11-30-12)2-4-28(5-3-21)20-18(10-29)26-17(9-24-20)13-6-15(22)14-8-25-27-16(14)7-13;;/h6-9,12,19,29H,2-5,10-11,23H2,1H3,(H,25,27);2*1H2/t12-,19+;;/m0../s1. The van der Waals surface area contributed by atoms with Gasteiger partial charge in [-0.05, 0) is 31.9 Å². The van der Waals surface area contributed by atoms with Gasteiger partial charge in [0, 0.05) is 35.5 Å². The maximum Gasteiger partial charge on any atom is 0.152 e. The number of fused-ring (bicyclic) bond motifs is 1. The molecule has 2 saturated heterocycles. The molecule has 1 aromatic carbocycles. The Morgan fingerprint density at radius 2 is 2.03 bits per heavy atom. The fourth-order valence-electron chi connectivity index (χ4n) is 4.72. The number of hydrogen-bond donors (Lipinski definition) is 3. The monoisotopic (exact) mass is 496 g/mol. The summed E-state index contributed by atoms with van der Waals surface area (Å²) in [6.45, 7) is 4.22. The number of nitrogens with zero attached hydrogens (tertiary/aromatic N) is 4. The second-order valence-corrected chi connectivity index (χ2v) is 8.77. The third-order valence-corrected chi connectivity index (χ3v) is 6.99. The highest BCUT2D eigenvalue weighted by molar-refractivity contribution is 7.59. The lowest BCUT2D eigenvalue weighted by Gasteiger charge is -2.41. The fraction of sp³-hybridized carbons (Fsp3) is 0.476. The molecule has 11 heteroatoms. The third-order valence-electron chi connectivity index (χ3n) is 6.68. The van der Waals surface area contributed by atoms with Crippen LogP contribution in [-0.2, 0) is 11.3 Å². The number of hydrogen-bond acceptors (Lipinski definition) is 7. The Morgan fingerprint density at radius 1 is 1.28 bits per heavy atom. The third kappa shape index (κ3) is 4.20. The fourth-order valence-corrected chi connectivity index (χ4v) is 4.99. The van der Waals surface area contributed by atoms with Gasteiger partial charge in [-0.3, -0.25) is 5.10 Å². The number of H-pyrrole nitrogens is 1. The second-order valence-electron chi connectivity index (χ2n) is 8.36. The Hall–Kier alpha value is -1.56. The molecular weight excluding hydrogens is 468 g/mol. The molecule has 2 aliphatic rings. The highest BCUT2D eigenvalue weighted by Crippen LogP contribution is 2.42. The van der Waals surface area contributed by atoms with Crippen LogP contribution in [0.2, 0.25) is 5.02 Å². The number of piperidine rings is 1. The van der Waals surface area contributed by atoms with Crippen molar-refractivity contribution < 1.29 is 9.84 Å². The number of aromatic nitrogens is 4. The van der Waals surface area contributed by atoms with Crippen molar-refractivity contribution in [3.05, 3.63) is 35.2 Å². The summed E-state index contributed by atoms with van der Waals surface area (Å²) in [6, 6.07) is 3.84. The van der Waals surface area contributed by atoms with E-state index in [-0.39, 0.29) is 51.2 Å². The van der Waals surface area contributed by atoms with Gasteiger partial charge in [-0.2, -0.15) is 32.1 Å². The number of aliphatic hydroxyl groups is 1. The quantitative estimate of drug-likeness (QED) is 0.511. The van der Waals surface area contributed by atoms with E-state index in [0.717, 1.165) is 54.8 Å². The highest BCUT2D eigenvalue weighted by Gasteiger charge is 2.47. The molecule has 32 heavy (non-hydrogen) atoms. The minimum atomic E-state index is -0.183. The van der Waals surface area contributed by atoms with Crippen molar-refractivity contribution in [1.82, 2.24) is 20.2 Å². The van der Waals surface area contributed by atoms with E-state index in [1.54, 1.807) is 12.4 Å². The highest BCUT2D eigenvalue weighted by atomic mass is 35.5. The van der Waals surface area contributed by atoms with Crippen molar-refractivity contribution >= 4 is 55.3 Å². The van der Waals surface area contributed by atoms with Crippen molar-refractivity contribution in [3.63, 3.8) is 0 Å². The topological polar surface area (TPSA) is 113 Å². The summed E-state index contributed by atoms with van der Waals surface area (Å²) >= 11 is 6.38. The van der Waals surface area contributed by atoms with Crippen LogP contribution in [0.3, 0.4) is 0 Å². The number of anilines is 1. The van der Waals surface area contributed by atoms with Gasteiger partial charge in [-0.25, -0.2) is 9.97 Å².